The number of nitrogens with zero attached hydrogens (tertiary/aromatic N) is 1. The number of hydrogen-bond donors (Lipinski definition) is 1. The molecular weight excluding hydrogens is 192 g/mol. The van der Waals surface area contributed by atoms with Gasteiger partial charge in [0.15, 0.2) is 0 Å². The highest BCUT2D eigenvalue weighted by Gasteiger charge is 2.20. The van der Waals surface area contributed by atoms with Gasteiger partial charge in [0.1, 0.15) is 0 Å². The van der Waals surface area contributed by atoms with Gasteiger partial charge in [0, 0.05) is 17.8 Å². The molecule has 0 aromatic carbocycles. The molecule has 2 unspecified atom stereocenters. The van der Waals surface area contributed by atoms with Crippen LogP contribution in [0.5, 0.6) is 0 Å². The molecule has 0 radical (unpaired) electrons. The molecule has 2 heterocycles. The summed E-state index contributed by atoms with van der Waals surface area (Å²) in [5.74, 6) is 2.70. The van der Waals surface area contributed by atoms with Gasteiger partial charge in [-0.15, -0.1) is 0 Å². The summed E-state index contributed by atoms with van der Waals surface area (Å²) in [6.07, 6.45) is 5.48. The van der Waals surface area contributed by atoms with Crippen LogP contribution in [0.1, 0.15) is 25.7 Å². The Kier molecular flexibility index (Phi) is 4.14. The maximum absolute atomic E-state index is 3.83. The molecule has 0 saturated carbocycles. The fraction of sp³-hybridized carbons (Fsp3) is 1.00. The van der Waals surface area contributed by atoms with E-state index in [0.29, 0.717) is 0 Å². The minimum atomic E-state index is 0.795. The maximum atomic E-state index is 3.83. The number of likely N-dealkylation sites (tertiary alicyclic amines) is 1. The van der Waals surface area contributed by atoms with Crippen LogP contribution >= 0.6 is 11.8 Å². The molecule has 0 aromatic heterocycles. The summed E-state index contributed by atoms with van der Waals surface area (Å²) in [5.41, 5.74) is 0. The van der Waals surface area contributed by atoms with Crippen molar-refractivity contribution in [2.75, 3.05) is 31.6 Å². The van der Waals surface area contributed by atoms with E-state index in [-0.39, 0.29) is 0 Å². The first-order valence-electron chi connectivity index (χ1n) is 5.87. The van der Waals surface area contributed by atoms with Crippen molar-refractivity contribution >= 4 is 11.8 Å². The van der Waals surface area contributed by atoms with E-state index >= 15 is 0 Å². The van der Waals surface area contributed by atoms with E-state index in [1.807, 2.05) is 0 Å². The van der Waals surface area contributed by atoms with Crippen molar-refractivity contribution in [3.8, 4) is 0 Å². The Labute approximate surface area is 91.8 Å². The smallest absolute Gasteiger partial charge is 0.0168 e. The summed E-state index contributed by atoms with van der Waals surface area (Å²) in [5, 5.41) is 3.83. The molecule has 2 aliphatic rings. The monoisotopic (exact) mass is 214 g/mol. The first-order chi connectivity index (χ1) is 6.84. The summed E-state index contributed by atoms with van der Waals surface area (Å²) < 4.78 is 0. The molecule has 0 aromatic rings. The zero-order valence-electron chi connectivity index (χ0n) is 9.17. The van der Waals surface area contributed by atoms with Gasteiger partial charge in [0.2, 0.25) is 0 Å². The first kappa shape index (κ1) is 10.8. The average Bonchev–Trinajstić information content (AvgIpc) is 2.58. The normalized spacial score (nSPS) is 35.8. The van der Waals surface area contributed by atoms with Crippen LogP contribution in [-0.2, 0) is 0 Å². The third-order valence-corrected chi connectivity index (χ3v) is 4.52. The van der Waals surface area contributed by atoms with Crippen LogP contribution in [-0.4, -0.2) is 48.6 Å². The van der Waals surface area contributed by atoms with Crippen LogP contribution < -0.4 is 5.32 Å². The van der Waals surface area contributed by atoms with Crippen molar-refractivity contribution in [3.05, 3.63) is 0 Å². The van der Waals surface area contributed by atoms with Crippen molar-refractivity contribution in [3.63, 3.8) is 0 Å². The molecule has 14 heavy (non-hydrogen) atoms. The quantitative estimate of drug-likeness (QED) is 0.751. The van der Waals surface area contributed by atoms with Gasteiger partial charge in [0.05, 0.1) is 0 Å². The van der Waals surface area contributed by atoms with Crippen molar-refractivity contribution in [1.29, 1.82) is 0 Å². The van der Waals surface area contributed by atoms with E-state index in [4.69, 9.17) is 0 Å². The van der Waals surface area contributed by atoms with Crippen molar-refractivity contribution in [1.82, 2.24) is 10.2 Å². The minimum Gasteiger partial charge on any atom is -0.310 e. The van der Waals surface area contributed by atoms with Crippen LogP contribution in [0.15, 0.2) is 0 Å². The number of nitrogens with one attached hydrogen (secondary N) is 1. The molecule has 82 valence electrons. The van der Waals surface area contributed by atoms with Gasteiger partial charge in [-0.1, -0.05) is 0 Å². The summed E-state index contributed by atoms with van der Waals surface area (Å²) in [6.45, 7) is 2.56. The molecule has 2 fully saturated rings. The van der Waals surface area contributed by atoms with E-state index in [1.165, 1.54) is 50.3 Å². The van der Waals surface area contributed by atoms with E-state index < -0.39 is 0 Å². The van der Waals surface area contributed by atoms with Crippen molar-refractivity contribution in [2.45, 2.75) is 37.8 Å². The predicted octanol–water partition coefficient (Wildman–Crippen LogP) is 1.57. The van der Waals surface area contributed by atoms with E-state index in [0.717, 1.165) is 12.1 Å². The highest BCUT2D eigenvalue weighted by Crippen LogP contribution is 2.19. The summed E-state index contributed by atoms with van der Waals surface area (Å²) in [7, 11) is 2.24. The van der Waals surface area contributed by atoms with Gasteiger partial charge >= 0.3 is 0 Å². The predicted molar refractivity (Wildman–Crippen MR) is 64.0 cm³/mol. The van der Waals surface area contributed by atoms with Crippen LogP contribution in [0.2, 0.25) is 0 Å². The van der Waals surface area contributed by atoms with Gasteiger partial charge in [-0.25, -0.2) is 0 Å². The lowest BCUT2D eigenvalue weighted by molar-refractivity contribution is 0.340. The molecule has 0 spiro atoms. The molecule has 2 atom stereocenters. The Morgan fingerprint density at radius 3 is 2.86 bits per heavy atom. The standard InChI is InChI=1S/C11H22N2S/c1-13-6-2-3-10(4-7-13)12-11-5-8-14-9-11/h10-12H,2-9H2,1H3. The lowest BCUT2D eigenvalue weighted by atomic mass is 10.1. The lowest BCUT2D eigenvalue weighted by Crippen LogP contribution is -2.38. The van der Waals surface area contributed by atoms with Gasteiger partial charge in [-0.2, -0.15) is 11.8 Å². The fourth-order valence-electron chi connectivity index (χ4n) is 2.41. The van der Waals surface area contributed by atoms with E-state index in [1.54, 1.807) is 0 Å². The Balaban J connectivity index is 1.73. The Morgan fingerprint density at radius 2 is 2.07 bits per heavy atom. The first-order valence-corrected chi connectivity index (χ1v) is 7.02. The Morgan fingerprint density at radius 1 is 1.14 bits per heavy atom. The molecule has 2 aliphatic heterocycles. The highest BCUT2D eigenvalue weighted by molar-refractivity contribution is 7.99. The van der Waals surface area contributed by atoms with Gasteiger partial charge in [-0.3, -0.25) is 0 Å². The van der Waals surface area contributed by atoms with Crippen LogP contribution in [0.4, 0.5) is 0 Å². The molecular formula is C11H22N2S. The largest absolute Gasteiger partial charge is 0.310 e. The molecule has 2 rings (SSSR count). The second-order valence-electron chi connectivity index (χ2n) is 4.66. The topological polar surface area (TPSA) is 15.3 Å². The lowest BCUT2D eigenvalue weighted by Gasteiger charge is -2.21. The molecule has 3 heteroatoms. The third kappa shape index (κ3) is 3.14. The Bertz CT molecular complexity index is 169. The molecule has 0 aliphatic carbocycles. The molecule has 0 bridgehead atoms. The van der Waals surface area contributed by atoms with Crippen LogP contribution in [0.25, 0.3) is 0 Å². The number of thioether (sulfide) groups is 1. The van der Waals surface area contributed by atoms with Crippen LogP contribution in [0, 0.1) is 0 Å². The number of hydrogen-bond acceptors (Lipinski definition) is 3. The fourth-order valence-corrected chi connectivity index (χ4v) is 3.57. The summed E-state index contributed by atoms with van der Waals surface area (Å²) >= 11 is 2.10. The molecule has 2 nitrogen and oxygen atoms in total. The van der Waals surface area contributed by atoms with Crippen molar-refractivity contribution < 1.29 is 0 Å². The van der Waals surface area contributed by atoms with Gasteiger partial charge in [-0.05, 0) is 51.6 Å². The van der Waals surface area contributed by atoms with Gasteiger partial charge in [0.25, 0.3) is 0 Å². The molecule has 2 saturated heterocycles. The second kappa shape index (κ2) is 5.38. The zero-order chi connectivity index (χ0) is 9.80. The summed E-state index contributed by atoms with van der Waals surface area (Å²) in [4.78, 5) is 2.46. The van der Waals surface area contributed by atoms with E-state index in [9.17, 15) is 0 Å². The second-order valence-corrected chi connectivity index (χ2v) is 5.81. The van der Waals surface area contributed by atoms with Gasteiger partial charge < -0.3 is 10.2 Å². The SMILES string of the molecule is CN1CCCC(NC2CCSC2)CC1. The number of rotatable bonds is 2. The summed E-state index contributed by atoms with van der Waals surface area (Å²) in [6, 6.07) is 1.61. The van der Waals surface area contributed by atoms with E-state index in [2.05, 4.69) is 29.0 Å². The van der Waals surface area contributed by atoms with Crippen LogP contribution in [0.3, 0.4) is 0 Å². The van der Waals surface area contributed by atoms with Crippen molar-refractivity contribution in [2.24, 2.45) is 0 Å². The Hall–Kier alpha value is 0.270. The highest BCUT2D eigenvalue weighted by atomic mass is 32.2. The average molecular weight is 214 g/mol. The maximum Gasteiger partial charge on any atom is 0.0168 e. The molecule has 1 N–H and O–H groups in total. The molecule has 0 amide bonds. The zero-order valence-corrected chi connectivity index (χ0v) is 9.98. The third-order valence-electron chi connectivity index (χ3n) is 3.35. The minimum absolute atomic E-state index is 0.795.